The predicted molar refractivity (Wildman–Crippen MR) is 69.6 cm³/mol. The van der Waals surface area contributed by atoms with Gasteiger partial charge in [0.2, 0.25) is 0 Å². The molecule has 1 heterocycles. The van der Waals surface area contributed by atoms with E-state index in [2.05, 4.69) is 21.2 Å². The Bertz CT molecular complexity index is 524. The van der Waals surface area contributed by atoms with Crippen LogP contribution < -0.4 is 5.32 Å². The van der Waals surface area contributed by atoms with E-state index in [1.807, 2.05) is 25.1 Å². The van der Waals surface area contributed by atoms with Gasteiger partial charge in [0.1, 0.15) is 11.6 Å². The van der Waals surface area contributed by atoms with Gasteiger partial charge in [0.25, 0.3) is 0 Å². The lowest BCUT2D eigenvalue weighted by molar-refractivity contribution is 0.471. The zero-order chi connectivity index (χ0) is 12.4. The number of aryl methyl sites for hydroxylation is 1. The predicted octanol–water partition coefficient (Wildman–Crippen LogP) is 4.66. The summed E-state index contributed by atoms with van der Waals surface area (Å²) in [6.45, 7) is 3.70. The minimum atomic E-state index is -0.206. The van der Waals surface area contributed by atoms with Crippen LogP contribution in [0.1, 0.15) is 24.3 Å². The fraction of sp³-hybridized carbons (Fsp3) is 0.231. The molecule has 0 aliphatic rings. The third kappa shape index (κ3) is 2.88. The largest absolute Gasteiger partial charge is 0.452 e. The SMILES string of the molecule is Cc1ccc(NC(C)c2ccc(Br)o2)cc1F. The summed E-state index contributed by atoms with van der Waals surface area (Å²) in [5.74, 6) is 0.598. The molecule has 0 saturated carbocycles. The number of furan rings is 1. The van der Waals surface area contributed by atoms with E-state index >= 15 is 0 Å². The first kappa shape index (κ1) is 12.2. The second kappa shape index (κ2) is 4.92. The smallest absolute Gasteiger partial charge is 0.169 e. The third-order valence-electron chi connectivity index (χ3n) is 2.58. The van der Waals surface area contributed by atoms with Gasteiger partial charge in [-0.3, -0.25) is 0 Å². The summed E-state index contributed by atoms with van der Waals surface area (Å²) in [7, 11) is 0. The molecule has 2 aromatic rings. The highest BCUT2D eigenvalue weighted by Gasteiger charge is 2.10. The van der Waals surface area contributed by atoms with Crippen molar-refractivity contribution in [1.82, 2.24) is 0 Å². The highest BCUT2D eigenvalue weighted by molar-refractivity contribution is 9.10. The van der Waals surface area contributed by atoms with Crippen LogP contribution >= 0.6 is 15.9 Å². The number of halogens is 2. The molecule has 0 spiro atoms. The second-order valence-corrected chi connectivity index (χ2v) is 4.75. The van der Waals surface area contributed by atoms with Gasteiger partial charge in [0.15, 0.2) is 4.67 Å². The van der Waals surface area contributed by atoms with E-state index in [1.165, 1.54) is 6.07 Å². The quantitative estimate of drug-likeness (QED) is 0.891. The molecular weight excluding hydrogens is 285 g/mol. The molecule has 1 unspecified atom stereocenters. The van der Waals surface area contributed by atoms with E-state index in [0.717, 1.165) is 11.4 Å². The van der Waals surface area contributed by atoms with Gasteiger partial charge in [-0.15, -0.1) is 0 Å². The Labute approximate surface area is 108 Å². The first-order valence-electron chi connectivity index (χ1n) is 5.34. The molecule has 1 atom stereocenters. The summed E-state index contributed by atoms with van der Waals surface area (Å²) in [4.78, 5) is 0. The van der Waals surface area contributed by atoms with Crippen LogP contribution in [0.2, 0.25) is 0 Å². The van der Waals surface area contributed by atoms with Crippen LogP contribution in [0.3, 0.4) is 0 Å². The van der Waals surface area contributed by atoms with E-state index in [1.54, 1.807) is 13.0 Å². The Kier molecular flexibility index (Phi) is 3.52. The van der Waals surface area contributed by atoms with Crippen LogP contribution in [0.4, 0.5) is 10.1 Å². The van der Waals surface area contributed by atoms with Gasteiger partial charge in [-0.1, -0.05) is 6.07 Å². The molecule has 0 amide bonds. The zero-order valence-electron chi connectivity index (χ0n) is 9.63. The molecule has 2 nitrogen and oxygen atoms in total. The Hall–Kier alpha value is -1.29. The van der Waals surface area contributed by atoms with Gasteiger partial charge >= 0.3 is 0 Å². The van der Waals surface area contributed by atoms with Crippen LogP contribution in [0, 0.1) is 12.7 Å². The fourth-order valence-corrected chi connectivity index (χ4v) is 1.88. The van der Waals surface area contributed by atoms with Crippen molar-refractivity contribution in [3.05, 3.63) is 52.1 Å². The van der Waals surface area contributed by atoms with Crippen molar-refractivity contribution >= 4 is 21.6 Å². The fourth-order valence-electron chi connectivity index (χ4n) is 1.56. The van der Waals surface area contributed by atoms with Gasteiger partial charge in [-0.25, -0.2) is 4.39 Å². The molecule has 1 aromatic carbocycles. The maximum Gasteiger partial charge on any atom is 0.169 e. The summed E-state index contributed by atoms with van der Waals surface area (Å²) in [5.41, 5.74) is 1.39. The van der Waals surface area contributed by atoms with Crippen LogP contribution in [0.25, 0.3) is 0 Å². The highest BCUT2D eigenvalue weighted by Crippen LogP contribution is 2.24. The van der Waals surface area contributed by atoms with E-state index in [-0.39, 0.29) is 11.9 Å². The lowest BCUT2D eigenvalue weighted by atomic mass is 10.2. The zero-order valence-corrected chi connectivity index (χ0v) is 11.2. The average Bonchev–Trinajstić information content (AvgIpc) is 2.70. The Balaban J connectivity index is 2.12. The minimum absolute atomic E-state index is 0.0107. The normalized spacial score (nSPS) is 12.5. The van der Waals surface area contributed by atoms with Gasteiger partial charge in [0, 0.05) is 5.69 Å². The van der Waals surface area contributed by atoms with E-state index in [0.29, 0.717) is 10.2 Å². The van der Waals surface area contributed by atoms with Crippen molar-refractivity contribution in [2.24, 2.45) is 0 Å². The lowest BCUT2D eigenvalue weighted by Gasteiger charge is -2.13. The van der Waals surface area contributed by atoms with Crippen molar-refractivity contribution in [3.8, 4) is 0 Å². The van der Waals surface area contributed by atoms with Gasteiger partial charge in [-0.2, -0.15) is 0 Å². The number of hydrogen-bond donors (Lipinski definition) is 1. The van der Waals surface area contributed by atoms with Gasteiger partial charge in [0.05, 0.1) is 6.04 Å². The summed E-state index contributed by atoms with van der Waals surface area (Å²) in [5, 5.41) is 3.18. The molecule has 0 saturated heterocycles. The number of hydrogen-bond acceptors (Lipinski definition) is 2. The minimum Gasteiger partial charge on any atom is -0.452 e. The standard InChI is InChI=1S/C13H13BrFNO/c1-8-3-4-10(7-11(8)15)16-9(2)12-5-6-13(14)17-12/h3-7,9,16H,1-2H3. The molecule has 17 heavy (non-hydrogen) atoms. The second-order valence-electron chi connectivity index (χ2n) is 3.97. The first-order valence-corrected chi connectivity index (χ1v) is 6.13. The van der Waals surface area contributed by atoms with E-state index in [4.69, 9.17) is 4.42 Å². The molecule has 4 heteroatoms. The maximum absolute atomic E-state index is 13.4. The van der Waals surface area contributed by atoms with E-state index in [9.17, 15) is 4.39 Å². The van der Waals surface area contributed by atoms with Crippen LogP contribution in [-0.2, 0) is 0 Å². The van der Waals surface area contributed by atoms with Crippen molar-refractivity contribution < 1.29 is 8.81 Å². The van der Waals surface area contributed by atoms with Crippen LogP contribution in [-0.4, -0.2) is 0 Å². The molecule has 90 valence electrons. The molecule has 0 aliphatic carbocycles. The van der Waals surface area contributed by atoms with Crippen molar-refractivity contribution in [2.45, 2.75) is 19.9 Å². The van der Waals surface area contributed by atoms with Crippen LogP contribution in [0.5, 0.6) is 0 Å². The molecule has 0 radical (unpaired) electrons. The first-order chi connectivity index (χ1) is 8.06. The van der Waals surface area contributed by atoms with Crippen molar-refractivity contribution in [3.63, 3.8) is 0 Å². The summed E-state index contributed by atoms with van der Waals surface area (Å²) >= 11 is 3.25. The van der Waals surface area contributed by atoms with Crippen molar-refractivity contribution in [1.29, 1.82) is 0 Å². The molecule has 0 bridgehead atoms. The summed E-state index contributed by atoms with van der Waals surface area (Å²) in [6, 6.07) is 8.80. The van der Waals surface area contributed by atoms with Crippen molar-refractivity contribution in [2.75, 3.05) is 5.32 Å². The monoisotopic (exact) mass is 297 g/mol. The molecule has 0 fully saturated rings. The Morgan fingerprint density at radius 3 is 2.65 bits per heavy atom. The molecule has 2 rings (SSSR count). The highest BCUT2D eigenvalue weighted by atomic mass is 79.9. The molecule has 1 N–H and O–H groups in total. The number of rotatable bonds is 3. The van der Waals surface area contributed by atoms with Gasteiger partial charge < -0.3 is 9.73 Å². The van der Waals surface area contributed by atoms with Gasteiger partial charge in [-0.05, 0) is 59.6 Å². The molecule has 0 aliphatic heterocycles. The third-order valence-corrected chi connectivity index (χ3v) is 3.00. The van der Waals surface area contributed by atoms with Crippen LogP contribution in [0.15, 0.2) is 39.4 Å². The lowest BCUT2D eigenvalue weighted by Crippen LogP contribution is -2.05. The topological polar surface area (TPSA) is 25.2 Å². The molecular formula is C13H13BrFNO. The van der Waals surface area contributed by atoms with E-state index < -0.39 is 0 Å². The maximum atomic E-state index is 13.4. The summed E-state index contributed by atoms with van der Waals surface area (Å²) in [6.07, 6.45) is 0. The number of anilines is 1. The Morgan fingerprint density at radius 1 is 1.29 bits per heavy atom. The number of nitrogens with one attached hydrogen (secondary N) is 1. The average molecular weight is 298 g/mol. The summed E-state index contributed by atoms with van der Waals surface area (Å²) < 4.78 is 19.5. The molecule has 1 aromatic heterocycles. The number of benzene rings is 1. The Morgan fingerprint density at radius 2 is 2.06 bits per heavy atom.